The van der Waals surface area contributed by atoms with Crippen LogP contribution in [-0.4, -0.2) is 26.4 Å². The summed E-state index contributed by atoms with van der Waals surface area (Å²) in [4.78, 5) is 12.3. The minimum absolute atomic E-state index is 0.0632. The molecule has 1 N–H and O–H groups in total. The Morgan fingerprint density at radius 1 is 1.19 bits per heavy atom. The lowest BCUT2D eigenvalue weighted by Gasteiger charge is -2.08. The van der Waals surface area contributed by atoms with E-state index in [9.17, 15) is 4.79 Å². The maximum absolute atomic E-state index is 12.3. The van der Waals surface area contributed by atoms with Crippen LogP contribution >= 0.6 is 11.8 Å². The first-order chi connectivity index (χ1) is 12.5. The Morgan fingerprint density at radius 2 is 1.92 bits per heavy atom. The first-order valence-electron chi connectivity index (χ1n) is 8.46. The Hall–Kier alpha value is -2.54. The van der Waals surface area contributed by atoms with E-state index in [0.717, 1.165) is 39.1 Å². The number of carbonyl (C=O) groups excluding carboxylic acids is 1. The van der Waals surface area contributed by atoms with Gasteiger partial charge in [0.2, 0.25) is 5.91 Å². The van der Waals surface area contributed by atoms with Crippen molar-refractivity contribution in [1.29, 1.82) is 0 Å². The molecule has 136 valence electrons. The quantitative estimate of drug-likeness (QED) is 0.658. The molecule has 1 aromatic carbocycles. The number of carbonyl (C=O) groups is 1. The van der Waals surface area contributed by atoms with Gasteiger partial charge in [-0.2, -0.15) is 0 Å². The van der Waals surface area contributed by atoms with Crippen molar-refractivity contribution in [3.05, 3.63) is 47.4 Å². The number of thioether (sulfide) groups is 1. The number of aryl methyl sites for hydroxylation is 3. The molecule has 0 aliphatic rings. The minimum atomic E-state index is -0.0632. The van der Waals surface area contributed by atoms with E-state index in [-0.39, 0.29) is 11.7 Å². The molecular weight excluding hydrogens is 348 g/mol. The monoisotopic (exact) mass is 370 g/mol. The number of nitrogens with zero attached hydrogens (tertiary/aromatic N) is 3. The van der Waals surface area contributed by atoms with Gasteiger partial charge in [-0.1, -0.05) is 17.8 Å². The van der Waals surface area contributed by atoms with Gasteiger partial charge in [0.15, 0.2) is 11.0 Å². The highest BCUT2D eigenvalue weighted by atomic mass is 32.2. The zero-order chi connectivity index (χ0) is 18.7. The fraction of sp³-hybridized carbons (Fsp3) is 0.316. The number of hydrogen-bond acceptors (Lipinski definition) is 5. The average Bonchev–Trinajstić information content (AvgIpc) is 3.17. The zero-order valence-corrected chi connectivity index (χ0v) is 16.2. The summed E-state index contributed by atoms with van der Waals surface area (Å²) in [6.07, 6.45) is 1.64. The van der Waals surface area contributed by atoms with Gasteiger partial charge in [-0.05, 0) is 57.0 Å². The van der Waals surface area contributed by atoms with Crippen molar-refractivity contribution >= 4 is 23.4 Å². The molecule has 0 saturated heterocycles. The van der Waals surface area contributed by atoms with Gasteiger partial charge in [0.05, 0.1) is 17.6 Å². The van der Waals surface area contributed by atoms with Crippen LogP contribution in [0.4, 0.5) is 5.69 Å². The molecule has 0 saturated carbocycles. The largest absolute Gasteiger partial charge is 0.469 e. The Kier molecular flexibility index (Phi) is 5.46. The third kappa shape index (κ3) is 3.99. The number of nitrogens with one attached hydrogen (secondary N) is 1. The number of rotatable bonds is 6. The average molecular weight is 370 g/mol. The number of aromatic nitrogens is 3. The number of anilines is 1. The summed E-state index contributed by atoms with van der Waals surface area (Å²) in [7, 11) is 0. The Morgan fingerprint density at radius 3 is 2.54 bits per heavy atom. The van der Waals surface area contributed by atoms with Crippen molar-refractivity contribution in [2.24, 2.45) is 0 Å². The van der Waals surface area contributed by atoms with E-state index >= 15 is 0 Å². The summed E-state index contributed by atoms with van der Waals surface area (Å²) in [5, 5.41) is 12.2. The summed E-state index contributed by atoms with van der Waals surface area (Å²) in [6, 6.07) is 7.88. The van der Waals surface area contributed by atoms with Crippen molar-refractivity contribution in [2.75, 3.05) is 11.1 Å². The molecule has 3 rings (SSSR count). The van der Waals surface area contributed by atoms with Gasteiger partial charge in [0.25, 0.3) is 0 Å². The summed E-state index contributed by atoms with van der Waals surface area (Å²) >= 11 is 1.38. The van der Waals surface area contributed by atoms with Crippen LogP contribution in [0.3, 0.4) is 0 Å². The topological polar surface area (TPSA) is 73.0 Å². The van der Waals surface area contributed by atoms with Gasteiger partial charge >= 0.3 is 0 Å². The maximum Gasteiger partial charge on any atom is 0.234 e. The zero-order valence-electron chi connectivity index (χ0n) is 15.4. The predicted molar refractivity (Wildman–Crippen MR) is 103 cm³/mol. The number of benzene rings is 1. The van der Waals surface area contributed by atoms with Gasteiger partial charge in [0.1, 0.15) is 5.76 Å². The molecular formula is C19H22N4O2S. The SMILES string of the molecule is CCn1c(SCC(=O)Nc2cc(C)cc(C)c2)nnc1-c1ccoc1C. The fourth-order valence-corrected chi connectivity index (χ4v) is 3.67. The lowest BCUT2D eigenvalue weighted by atomic mass is 10.1. The molecule has 0 unspecified atom stereocenters. The smallest absolute Gasteiger partial charge is 0.234 e. The highest BCUT2D eigenvalue weighted by Crippen LogP contribution is 2.27. The van der Waals surface area contributed by atoms with E-state index in [1.54, 1.807) is 6.26 Å². The molecule has 0 aliphatic heterocycles. The molecule has 0 atom stereocenters. The van der Waals surface area contributed by atoms with E-state index < -0.39 is 0 Å². The van der Waals surface area contributed by atoms with Gasteiger partial charge in [-0.25, -0.2) is 0 Å². The molecule has 1 amide bonds. The summed E-state index contributed by atoms with van der Waals surface area (Å²) in [5.41, 5.74) is 3.99. The number of amides is 1. The van der Waals surface area contributed by atoms with Crippen LogP contribution in [0.5, 0.6) is 0 Å². The maximum atomic E-state index is 12.3. The lowest BCUT2D eigenvalue weighted by molar-refractivity contribution is -0.113. The van der Waals surface area contributed by atoms with Crippen molar-refractivity contribution in [1.82, 2.24) is 14.8 Å². The molecule has 2 aromatic heterocycles. The standard InChI is InChI=1S/C19H22N4O2S/c1-5-23-18(16-6-7-25-14(16)4)21-22-19(23)26-11-17(24)20-15-9-12(2)8-13(3)10-15/h6-10H,5,11H2,1-4H3,(H,20,24). The first-order valence-corrected chi connectivity index (χ1v) is 9.45. The summed E-state index contributed by atoms with van der Waals surface area (Å²) < 4.78 is 7.35. The Balaban J connectivity index is 1.69. The van der Waals surface area contributed by atoms with Gasteiger partial charge < -0.3 is 14.3 Å². The predicted octanol–water partition coefficient (Wildman–Crippen LogP) is 4.21. The van der Waals surface area contributed by atoms with E-state index in [2.05, 4.69) is 21.6 Å². The normalized spacial score (nSPS) is 10.9. The van der Waals surface area contributed by atoms with E-state index in [1.807, 2.05) is 50.5 Å². The molecule has 0 radical (unpaired) electrons. The van der Waals surface area contributed by atoms with E-state index in [4.69, 9.17) is 4.42 Å². The molecule has 26 heavy (non-hydrogen) atoms. The molecule has 0 spiro atoms. The van der Waals surface area contributed by atoms with Crippen LogP contribution in [-0.2, 0) is 11.3 Å². The van der Waals surface area contributed by atoms with Crippen molar-refractivity contribution in [2.45, 2.75) is 39.4 Å². The van der Waals surface area contributed by atoms with Crippen LogP contribution in [0, 0.1) is 20.8 Å². The molecule has 7 heteroatoms. The lowest BCUT2D eigenvalue weighted by Crippen LogP contribution is -2.15. The molecule has 0 fully saturated rings. The Bertz CT molecular complexity index is 909. The van der Waals surface area contributed by atoms with Crippen molar-refractivity contribution < 1.29 is 9.21 Å². The fourth-order valence-electron chi connectivity index (χ4n) is 2.87. The second-order valence-corrected chi connectivity index (χ2v) is 7.10. The highest BCUT2D eigenvalue weighted by molar-refractivity contribution is 7.99. The first kappa shape index (κ1) is 18.3. The van der Waals surface area contributed by atoms with Crippen LogP contribution in [0.15, 0.2) is 40.1 Å². The third-order valence-electron chi connectivity index (χ3n) is 3.97. The van der Waals surface area contributed by atoms with Gasteiger partial charge in [0, 0.05) is 12.2 Å². The van der Waals surface area contributed by atoms with E-state index in [1.165, 1.54) is 11.8 Å². The minimum Gasteiger partial charge on any atom is -0.469 e. The van der Waals surface area contributed by atoms with Crippen LogP contribution in [0.25, 0.3) is 11.4 Å². The highest BCUT2D eigenvalue weighted by Gasteiger charge is 2.17. The Labute approximate surface area is 157 Å². The van der Waals surface area contributed by atoms with Crippen molar-refractivity contribution in [3.63, 3.8) is 0 Å². The van der Waals surface area contributed by atoms with Crippen molar-refractivity contribution in [3.8, 4) is 11.4 Å². The van der Waals surface area contributed by atoms with Gasteiger partial charge in [-0.3, -0.25) is 4.79 Å². The van der Waals surface area contributed by atoms with Crippen LogP contribution < -0.4 is 5.32 Å². The second kappa shape index (κ2) is 7.78. The molecule has 0 aliphatic carbocycles. The number of hydrogen-bond donors (Lipinski definition) is 1. The van der Waals surface area contributed by atoms with Crippen LogP contribution in [0.1, 0.15) is 23.8 Å². The molecule has 0 bridgehead atoms. The summed E-state index contributed by atoms with van der Waals surface area (Å²) in [5.74, 6) is 1.77. The van der Waals surface area contributed by atoms with E-state index in [0.29, 0.717) is 6.54 Å². The molecule has 3 aromatic rings. The molecule has 6 nitrogen and oxygen atoms in total. The summed E-state index contributed by atoms with van der Waals surface area (Å²) in [6.45, 7) is 8.67. The van der Waals surface area contributed by atoms with Crippen LogP contribution in [0.2, 0.25) is 0 Å². The number of furan rings is 1. The van der Waals surface area contributed by atoms with Gasteiger partial charge in [-0.15, -0.1) is 10.2 Å². The second-order valence-electron chi connectivity index (χ2n) is 6.15. The molecule has 2 heterocycles. The third-order valence-corrected chi connectivity index (χ3v) is 4.94.